The molecule has 0 saturated carbocycles. The fourth-order valence-electron chi connectivity index (χ4n) is 4.06. The number of nitrogens with zero attached hydrogens (tertiary/aromatic N) is 3. The Balaban J connectivity index is 1.54. The van der Waals surface area contributed by atoms with Gasteiger partial charge in [-0.25, -0.2) is 22.2 Å². The molecule has 1 aliphatic heterocycles. The molecule has 0 amide bonds. The van der Waals surface area contributed by atoms with Crippen molar-refractivity contribution in [3.8, 4) is 0 Å². The molecule has 32 heavy (non-hydrogen) atoms. The van der Waals surface area contributed by atoms with Crippen LogP contribution in [0.2, 0.25) is 0 Å². The van der Waals surface area contributed by atoms with E-state index >= 15 is 4.39 Å². The average molecular weight is 479 g/mol. The van der Waals surface area contributed by atoms with Crippen LogP contribution in [0.4, 0.5) is 20.3 Å². The molecule has 6 nitrogen and oxygen atoms in total. The van der Waals surface area contributed by atoms with Gasteiger partial charge in [0.25, 0.3) is 10.0 Å². The number of halogens is 2. The zero-order valence-corrected chi connectivity index (χ0v) is 19.4. The minimum Gasteiger partial charge on any atom is -0.370 e. The van der Waals surface area contributed by atoms with Crippen LogP contribution in [0.25, 0.3) is 0 Å². The fraction of sp³-hybridized carbons (Fsp3) is 0.318. The third kappa shape index (κ3) is 4.62. The second-order valence-corrected chi connectivity index (χ2v) is 10.2. The van der Waals surface area contributed by atoms with Crippen molar-refractivity contribution in [1.82, 2.24) is 9.88 Å². The maximum absolute atomic E-state index is 15.1. The molecule has 10 heteroatoms. The van der Waals surface area contributed by atoms with E-state index in [0.29, 0.717) is 5.69 Å². The van der Waals surface area contributed by atoms with Gasteiger partial charge in [-0.05, 0) is 25.0 Å². The summed E-state index contributed by atoms with van der Waals surface area (Å²) in [5.74, 6) is -2.19. The average Bonchev–Trinajstić information content (AvgIpc) is 3.42. The van der Waals surface area contributed by atoms with Crippen molar-refractivity contribution < 1.29 is 17.2 Å². The molecular formula is C22H24F2N4O2S2. The zero-order valence-electron chi connectivity index (χ0n) is 17.8. The van der Waals surface area contributed by atoms with Gasteiger partial charge >= 0.3 is 0 Å². The largest absolute Gasteiger partial charge is 0.370 e. The number of sulfonamides is 1. The van der Waals surface area contributed by atoms with Crippen molar-refractivity contribution in [2.24, 2.45) is 0 Å². The van der Waals surface area contributed by atoms with Gasteiger partial charge in [-0.2, -0.15) is 0 Å². The van der Waals surface area contributed by atoms with E-state index in [1.807, 2.05) is 23.1 Å². The van der Waals surface area contributed by atoms with Crippen LogP contribution in [0.15, 0.2) is 52.2 Å². The Hall–Kier alpha value is -2.56. The predicted molar refractivity (Wildman–Crippen MR) is 123 cm³/mol. The first-order chi connectivity index (χ1) is 15.3. The number of aromatic nitrogens is 1. The van der Waals surface area contributed by atoms with Gasteiger partial charge in [0.15, 0.2) is 16.5 Å². The summed E-state index contributed by atoms with van der Waals surface area (Å²) in [6.45, 7) is 3.91. The van der Waals surface area contributed by atoms with Crippen LogP contribution in [-0.2, 0) is 16.6 Å². The molecule has 1 aromatic heterocycles. The molecule has 0 radical (unpaired) electrons. The smallest absolute Gasteiger partial charge is 0.268 e. The lowest BCUT2D eigenvalue weighted by molar-refractivity contribution is 0.326. The van der Waals surface area contributed by atoms with Crippen LogP contribution in [0.3, 0.4) is 0 Å². The SMILES string of the molecule is Cc1c(N(C)[C@H]2CCN(Cc3ccccc3)C2)cc(F)c(S(=O)(=O)Nc2cscn2)c1F. The summed E-state index contributed by atoms with van der Waals surface area (Å²) in [5, 5.41) is 1.45. The normalized spacial score (nSPS) is 16.9. The van der Waals surface area contributed by atoms with Crippen molar-refractivity contribution in [2.45, 2.75) is 30.8 Å². The summed E-state index contributed by atoms with van der Waals surface area (Å²) >= 11 is 1.17. The van der Waals surface area contributed by atoms with Crippen LogP contribution in [0.1, 0.15) is 17.5 Å². The summed E-state index contributed by atoms with van der Waals surface area (Å²) in [7, 11) is -2.66. The monoisotopic (exact) mass is 478 g/mol. The van der Waals surface area contributed by atoms with Gasteiger partial charge in [0.05, 0.1) is 5.51 Å². The molecule has 0 spiro atoms. The molecule has 1 N–H and O–H groups in total. The Morgan fingerprint density at radius 1 is 1.28 bits per heavy atom. The molecule has 0 unspecified atom stereocenters. The van der Waals surface area contributed by atoms with E-state index in [-0.39, 0.29) is 17.4 Å². The van der Waals surface area contributed by atoms with Crippen LogP contribution in [-0.4, -0.2) is 44.5 Å². The van der Waals surface area contributed by atoms with Crippen LogP contribution >= 0.6 is 11.3 Å². The third-order valence-electron chi connectivity index (χ3n) is 5.76. The predicted octanol–water partition coefficient (Wildman–Crippen LogP) is 4.24. The Morgan fingerprint density at radius 2 is 2.03 bits per heavy atom. The molecule has 1 fully saturated rings. The first-order valence-corrected chi connectivity index (χ1v) is 12.6. The first-order valence-electron chi connectivity index (χ1n) is 10.1. The number of hydrogen-bond acceptors (Lipinski definition) is 6. The fourth-order valence-corrected chi connectivity index (χ4v) is 5.81. The third-order valence-corrected chi connectivity index (χ3v) is 7.73. The number of likely N-dealkylation sites (tertiary alicyclic amines) is 1. The Bertz CT molecular complexity index is 1190. The van der Waals surface area contributed by atoms with Gasteiger partial charge in [0, 0.05) is 49.4 Å². The van der Waals surface area contributed by atoms with E-state index in [2.05, 4.69) is 26.7 Å². The molecule has 3 aromatic rings. The molecule has 1 saturated heterocycles. The minimum absolute atomic E-state index is 0.0251. The molecule has 1 aliphatic rings. The standard InChI is InChI=1S/C22H24F2N4O2S2/c1-15-19(27(2)17-8-9-28(12-17)11-16-6-4-3-5-7-16)10-18(23)22(21(15)24)32(29,30)26-20-13-31-14-25-20/h3-7,10,13-14,17,26H,8-9,11-12H2,1-2H3/t17-/m0/s1. The van der Waals surface area contributed by atoms with Crippen molar-refractivity contribution in [1.29, 1.82) is 0 Å². The van der Waals surface area contributed by atoms with E-state index in [0.717, 1.165) is 32.1 Å². The zero-order chi connectivity index (χ0) is 22.9. The molecule has 1 atom stereocenters. The summed E-state index contributed by atoms with van der Waals surface area (Å²) < 4.78 is 57.4. The van der Waals surface area contributed by atoms with Gasteiger partial charge in [0.2, 0.25) is 0 Å². The maximum atomic E-state index is 15.1. The Labute approximate surface area is 190 Å². The van der Waals surface area contributed by atoms with Gasteiger partial charge in [-0.1, -0.05) is 30.3 Å². The number of nitrogens with one attached hydrogen (secondary N) is 1. The van der Waals surface area contributed by atoms with E-state index in [1.54, 1.807) is 7.05 Å². The lowest BCUT2D eigenvalue weighted by atomic mass is 10.1. The van der Waals surface area contributed by atoms with Crippen molar-refractivity contribution in [2.75, 3.05) is 29.8 Å². The van der Waals surface area contributed by atoms with E-state index in [1.165, 1.54) is 34.7 Å². The second-order valence-electron chi connectivity index (χ2n) is 7.90. The highest BCUT2D eigenvalue weighted by atomic mass is 32.2. The summed E-state index contributed by atoms with van der Waals surface area (Å²) in [6.07, 6.45) is 0.845. The minimum atomic E-state index is -4.45. The molecule has 4 rings (SSSR count). The number of thiazole rings is 1. The number of rotatable bonds is 7. The van der Waals surface area contributed by atoms with Gasteiger partial charge in [0.1, 0.15) is 5.82 Å². The lowest BCUT2D eigenvalue weighted by Gasteiger charge is -2.29. The number of benzene rings is 2. The molecule has 2 heterocycles. The van der Waals surface area contributed by atoms with Crippen molar-refractivity contribution in [3.05, 3.63) is 70.1 Å². The van der Waals surface area contributed by atoms with E-state index < -0.39 is 26.6 Å². The van der Waals surface area contributed by atoms with Gasteiger partial charge in [-0.15, -0.1) is 11.3 Å². The topological polar surface area (TPSA) is 65.5 Å². The number of hydrogen-bond donors (Lipinski definition) is 1. The quantitative estimate of drug-likeness (QED) is 0.550. The van der Waals surface area contributed by atoms with Crippen LogP contribution < -0.4 is 9.62 Å². The van der Waals surface area contributed by atoms with Crippen molar-refractivity contribution >= 4 is 32.9 Å². The van der Waals surface area contributed by atoms with Crippen molar-refractivity contribution in [3.63, 3.8) is 0 Å². The van der Waals surface area contributed by atoms with Crippen LogP contribution in [0.5, 0.6) is 0 Å². The first kappa shape index (κ1) is 22.6. The lowest BCUT2D eigenvalue weighted by Crippen LogP contribution is -2.35. The summed E-state index contributed by atoms with van der Waals surface area (Å²) in [6, 6.07) is 11.3. The highest BCUT2D eigenvalue weighted by Crippen LogP contribution is 2.33. The molecule has 2 aromatic carbocycles. The molecule has 0 bridgehead atoms. The molecule has 170 valence electrons. The summed E-state index contributed by atoms with van der Waals surface area (Å²) in [5.41, 5.74) is 3.08. The van der Waals surface area contributed by atoms with Crippen LogP contribution in [0, 0.1) is 18.6 Å². The van der Waals surface area contributed by atoms with E-state index in [4.69, 9.17) is 0 Å². The molecule has 0 aliphatic carbocycles. The van der Waals surface area contributed by atoms with Gasteiger partial charge in [-0.3, -0.25) is 9.62 Å². The highest BCUT2D eigenvalue weighted by Gasteiger charge is 2.31. The number of likely N-dealkylation sites (N-methyl/N-ethyl adjacent to an activating group) is 1. The van der Waals surface area contributed by atoms with Gasteiger partial charge < -0.3 is 4.90 Å². The number of anilines is 2. The second kappa shape index (κ2) is 9.13. The Morgan fingerprint density at radius 3 is 2.72 bits per heavy atom. The maximum Gasteiger partial charge on any atom is 0.268 e. The van der Waals surface area contributed by atoms with E-state index in [9.17, 15) is 12.8 Å². The highest BCUT2D eigenvalue weighted by molar-refractivity contribution is 7.92. The summed E-state index contributed by atoms with van der Waals surface area (Å²) in [4.78, 5) is 6.97. The Kier molecular flexibility index (Phi) is 6.45. The molecular weight excluding hydrogens is 454 g/mol.